The number of aryl methyl sites for hydroxylation is 2. The number of benzene rings is 2. The molecule has 100 valence electrons. The van der Waals surface area contributed by atoms with Gasteiger partial charge in [-0.05, 0) is 43.7 Å². The van der Waals surface area contributed by atoms with Crippen molar-refractivity contribution in [2.45, 2.75) is 13.8 Å². The number of nitrogen functional groups attached to an aromatic ring is 1. The molecular weight excluding hydrogens is 270 g/mol. The maximum Gasteiger partial charge on any atom is 0.162 e. The first kappa shape index (κ1) is 12.9. The van der Waals surface area contributed by atoms with Crippen LogP contribution in [0.2, 0.25) is 5.02 Å². The van der Waals surface area contributed by atoms with Gasteiger partial charge in [-0.1, -0.05) is 29.3 Å². The molecule has 2 N–H and O–H groups in total. The molecule has 0 fully saturated rings. The zero-order valence-electron chi connectivity index (χ0n) is 11.3. The predicted octanol–water partition coefficient (Wildman–Crippen LogP) is 4.15. The molecule has 0 aliphatic heterocycles. The fourth-order valence-electron chi connectivity index (χ4n) is 2.22. The number of nitrogens with zero attached hydrogens (tertiary/aromatic N) is 2. The van der Waals surface area contributed by atoms with Gasteiger partial charge in [0, 0.05) is 16.0 Å². The van der Waals surface area contributed by atoms with Gasteiger partial charge in [0.2, 0.25) is 0 Å². The molecule has 0 aliphatic rings. The smallest absolute Gasteiger partial charge is 0.162 e. The Hall–Kier alpha value is -2.13. The molecule has 3 rings (SSSR count). The molecule has 4 heteroatoms. The van der Waals surface area contributed by atoms with Crippen LogP contribution >= 0.6 is 11.6 Å². The van der Waals surface area contributed by atoms with Crippen molar-refractivity contribution in [1.29, 1.82) is 0 Å². The van der Waals surface area contributed by atoms with E-state index >= 15 is 0 Å². The Morgan fingerprint density at radius 1 is 1.00 bits per heavy atom. The van der Waals surface area contributed by atoms with Gasteiger partial charge in [0.25, 0.3) is 0 Å². The van der Waals surface area contributed by atoms with Gasteiger partial charge >= 0.3 is 0 Å². The standard InChI is InChI=1S/C16H14ClN3/c1-9-3-4-10(2)13(7-9)16-19-14-8-11(17)5-6-12(14)15(18)20-16/h3-8H,1-2H3,(H2,18,19,20). The van der Waals surface area contributed by atoms with Gasteiger partial charge in [-0.15, -0.1) is 0 Å². The van der Waals surface area contributed by atoms with Gasteiger partial charge in [0.05, 0.1) is 5.52 Å². The highest BCUT2D eigenvalue weighted by Gasteiger charge is 2.10. The number of rotatable bonds is 1. The number of nitrogens with two attached hydrogens (primary N) is 1. The average Bonchev–Trinajstić information content (AvgIpc) is 2.41. The van der Waals surface area contributed by atoms with Crippen molar-refractivity contribution in [2.24, 2.45) is 0 Å². The minimum Gasteiger partial charge on any atom is -0.383 e. The third kappa shape index (κ3) is 2.21. The molecule has 1 aromatic heterocycles. The Labute approximate surface area is 122 Å². The number of aromatic nitrogens is 2. The number of anilines is 1. The second-order valence-corrected chi connectivity index (χ2v) is 5.35. The summed E-state index contributed by atoms with van der Waals surface area (Å²) in [5, 5.41) is 1.46. The van der Waals surface area contributed by atoms with Crippen molar-refractivity contribution in [1.82, 2.24) is 9.97 Å². The summed E-state index contributed by atoms with van der Waals surface area (Å²) in [4.78, 5) is 9.02. The quantitative estimate of drug-likeness (QED) is 0.730. The van der Waals surface area contributed by atoms with Crippen molar-refractivity contribution < 1.29 is 0 Å². The first-order valence-corrected chi connectivity index (χ1v) is 6.73. The topological polar surface area (TPSA) is 51.8 Å². The van der Waals surface area contributed by atoms with Crippen LogP contribution in [0.4, 0.5) is 5.82 Å². The molecular formula is C16H14ClN3. The van der Waals surface area contributed by atoms with Crippen LogP contribution in [0.3, 0.4) is 0 Å². The van der Waals surface area contributed by atoms with E-state index < -0.39 is 0 Å². The van der Waals surface area contributed by atoms with Crippen molar-refractivity contribution >= 4 is 28.3 Å². The van der Waals surface area contributed by atoms with Crippen LogP contribution in [0, 0.1) is 13.8 Å². The summed E-state index contributed by atoms with van der Waals surface area (Å²) in [5.41, 5.74) is 10.1. The Morgan fingerprint density at radius 2 is 1.80 bits per heavy atom. The molecule has 3 nitrogen and oxygen atoms in total. The van der Waals surface area contributed by atoms with E-state index in [2.05, 4.69) is 28.2 Å². The van der Waals surface area contributed by atoms with E-state index in [1.54, 1.807) is 6.07 Å². The zero-order chi connectivity index (χ0) is 14.3. The summed E-state index contributed by atoms with van der Waals surface area (Å²) in [7, 11) is 0. The van der Waals surface area contributed by atoms with Gasteiger partial charge in [0.15, 0.2) is 5.82 Å². The largest absolute Gasteiger partial charge is 0.383 e. The van der Waals surface area contributed by atoms with Crippen molar-refractivity contribution in [3.8, 4) is 11.4 Å². The molecule has 0 radical (unpaired) electrons. The molecule has 1 heterocycles. The molecule has 0 aliphatic carbocycles. The fraction of sp³-hybridized carbons (Fsp3) is 0.125. The summed E-state index contributed by atoms with van der Waals surface area (Å²) in [6.45, 7) is 4.08. The van der Waals surface area contributed by atoms with E-state index in [0.29, 0.717) is 16.7 Å². The van der Waals surface area contributed by atoms with Gasteiger partial charge in [0.1, 0.15) is 5.82 Å². The van der Waals surface area contributed by atoms with E-state index in [9.17, 15) is 0 Å². The SMILES string of the molecule is Cc1ccc(C)c(-c2nc(N)c3ccc(Cl)cc3n2)c1. The van der Waals surface area contributed by atoms with Crippen molar-refractivity contribution in [3.63, 3.8) is 0 Å². The van der Waals surface area contributed by atoms with Crippen LogP contribution < -0.4 is 5.73 Å². The lowest BCUT2D eigenvalue weighted by Gasteiger charge is -2.09. The Bertz CT molecular complexity index is 812. The second kappa shape index (κ2) is 4.76. The predicted molar refractivity (Wildman–Crippen MR) is 83.9 cm³/mol. The van der Waals surface area contributed by atoms with Crippen LogP contribution in [0.15, 0.2) is 36.4 Å². The molecule has 0 amide bonds. The van der Waals surface area contributed by atoms with Gasteiger partial charge in [-0.2, -0.15) is 0 Å². The lowest BCUT2D eigenvalue weighted by molar-refractivity contribution is 1.21. The minimum absolute atomic E-state index is 0.475. The molecule has 20 heavy (non-hydrogen) atoms. The first-order valence-electron chi connectivity index (χ1n) is 6.35. The van der Waals surface area contributed by atoms with E-state index in [0.717, 1.165) is 22.0 Å². The zero-order valence-corrected chi connectivity index (χ0v) is 12.1. The van der Waals surface area contributed by atoms with Crippen LogP contribution in [-0.2, 0) is 0 Å². The van der Waals surface area contributed by atoms with Crippen LogP contribution in [0.5, 0.6) is 0 Å². The van der Waals surface area contributed by atoms with Crippen molar-refractivity contribution in [2.75, 3.05) is 5.73 Å². The maximum atomic E-state index is 6.04. The van der Waals surface area contributed by atoms with Crippen LogP contribution in [0.25, 0.3) is 22.3 Å². The van der Waals surface area contributed by atoms with Gasteiger partial charge in [-0.3, -0.25) is 0 Å². The highest BCUT2D eigenvalue weighted by molar-refractivity contribution is 6.31. The molecule has 0 spiro atoms. The summed E-state index contributed by atoms with van der Waals surface area (Å²) in [6, 6.07) is 11.7. The van der Waals surface area contributed by atoms with E-state index in [1.165, 1.54) is 5.56 Å². The number of fused-ring (bicyclic) bond motifs is 1. The minimum atomic E-state index is 0.475. The van der Waals surface area contributed by atoms with Gasteiger partial charge in [-0.25, -0.2) is 9.97 Å². The molecule has 0 bridgehead atoms. The number of hydrogen-bond acceptors (Lipinski definition) is 3. The Balaban J connectivity index is 2.29. The second-order valence-electron chi connectivity index (χ2n) is 4.91. The van der Waals surface area contributed by atoms with E-state index in [1.807, 2.05) is 26.0 Å². The Morgan fingerprint density at radius 3 is 2.60 bits per heavy atom. The Kier molecular flexibility index (Phi) is 3.07. The lowest BCUT2D eigenvalue weighted by Crippen LogP contribution is -1.99. The molecule has 0 unspecified atom stereocenters. The lowest BCUT2D eigenvalue weighted by atomic mass is 10.0. The number of hydrogen-bond donors (Lipinski definition) is 1. The fourth-order valence-corrected chi connectivity index (χ4v) is 2.39. The molecule has 0 saturated heterocycles. The third-order valence-electron chi connectivity index (χ3n) is 3.32. The van der Waals surface area contributed by atoms with Crippen molar-refractivity contribution in [3.05, 3.63) is 52.5 Å². The summed E-state index contributed by atoms with van der Waals surface area (Å²) in [5.74, 6) is 1.11. The van der Waals surface area contributed by atoms with E-state index in [4.69, 9.17) is 17.3 Å². The molecule has 0 atom stereocenters. The molecule has 0 saturated carbocycles. The summed E-state index contributed by atoms with van der Waals surface area (Å²) in [6.07, 6.45) is 0. The number of halogens is 1. The van der Waals surface area contributed by atoms with Gasteiger partial charge < -0.3 is 5.73 Å². The van der Waals surface area contributed by atoms with Crippen LogP contribution in [0.1, 0.15) is 11.1 Å². The van der Waals surface area contributed by atoms with E-state index in [-0.39, 0.29) is 0 Å². The highest BCUT2D eigenvalue weighted by atomic mass is 35.5. The molecule has 3 aromatic rings. The normalized spacial score (nSPS) is 10.9. The van der Waals surface area contributed by atoms with Crippen LogP contribution in [-0.4, -0.2) is 9.97 Å². The third-order valence-corrected chi connectivity index (χ3v) is 3.56. The molecule has 2 aromatic carbocycles. The first-order chi connectivity index (χ1) is 9.54. The summed E-state index contributed by atoms with van der Waals surface area (Å²) >= 11 is 6.02. The average molecular weight is 284 g/mol. The highest BCUT2D eigenvalue weighted by Crippen LogP contribution is 2.27. The summed E-state index contributed by atoms with van der Waals surface area (Å²) < 4.78 is 0. The monoisotopic (exact) mass is 283 g/mol. The maximum absolute atomic E-state index is 6.04.